The maximum atomic E-state index is 12.0. The second-order valence-corrected chi connectivity index (χ2v) is 5.81. The van der Waals surface area contributed by atoms with E-state index in [1.807, 2.05) is 0 Å². The molecular formula is C14H11NO4S. The minimum Gasteiger partial charge on any atom is -0.258 e. The molecule has 0 heterocycles. The summed E-state index contributed by atoms with van der Waals surface area (Å²) in [6.45, 7) is 0. The van der Waals surface area contributed by atoms with Crippen LogP contribution in [-0.4, -0.2) is 13.3 Å². The number of nitrogens with zero attached hydrogens (tertiary/aromatic N) is 1. The van der Waals surface area contributed by atoms with Gasteiger partial charge in [0.15, 0.2) is 9.84 Å². The van der Waals surface area contributed by atoms with Crippen molar-refractivity contribution in [3.63, 3.8) is 0 Å². The molecule has 0 aliphatic carbocycles. The van der Waals surface area contributed by atoms with Gasteiger partial charge < -0.3 is 0 Å². The van der Waals surface area contributed by atoms with Crippen molar-refractivity contribution in [2.45, 2.75) is 4.90 Å². The van der Waals surface area contributed by atoms with Crippen molar-refractivity contribution in [3.05, 3.63) is 75.7 Å². The van der Waals surface area contributed by atoms with Gasteiger partial charge in [0, 0.05) is 11.5 Å². The van der Waals surface area contributed by atoms with Gasteiger partial charge in [0.1, 0.15) is 0 Å². The highest BCUT2D eigenvalue weighted by Crippen LogP contribution is 2.20. The SMILES string of the molecule is O=[N+]([O-])c1ccccc1/C=C/S(=O)(=O)c1ccccc1. The Morgan fingerprint density at radius 2 is 1.55 bits per heavy atom. The van der Waals surface area contributed by atoms with Crippen LogP contribution in [0.2, 0.25) is 0 Å². The van der Waals surface area contributed by atoms with Crippen LogP contribution in [0.5, 0.6) is 0 Å². The van der Waals surface area contributed by atoms with Crippen molar-refractivity contribution in [2.24, 2.45) is 0 Å². The Morgan fingerprint density at radius 3 is 2.20 bits per heavy atom. The minimum atomic E-state index is -3.60. The van der Waals surface area contributed by atoms with Crippen LogP contribution in [-0.2, 0) is 9.84 Å². The maximum Gasteiger partial charge on any atom is 0.276 e. The molecule has 102 valence electrons. The molecule has 0 aromatic heterocycles. The highest BCUT2D eigenvalue weighted by molar-refractivity contribution is 7.94. The average molecular weight is 289 g/mol. The standard InChI is InChI=1S/C14H11NO4S/c16-15(17)14-9-5-4-6-12(14)10-11-20(18,19)13-7-2-1-3-8-13/h1-11H/b11-10+. The number of hydrogen-bond acceptors (Lipinski definition) is 4. The molecule has 0 radical (unpaired) electrons. The summed E-state index contributed by atoms with van der Waals surface area (Å²) in [6.07, 6.45) is 1.24. The molecule has 0 saturated carbocycles. The normalized spacial score (nSPS) is 11.6. The Kier molecular flexibility index (Phi) is 3.95. The third-order valence-corrected chi connectivity index (χ3v) is 4.06. The number of benzene rings is 2. The highest BCUT2D eigenvalue weighted by atomic mass is 32.2. The van der Waals surface area contributed by atoms with Crippen LogP contribution in [0.3, 0.4) is 0 Å². The number of hydrogen-bond donors (Lipinski definition) is 0. The summed E-state index contributed by atoms with van der Waals surface area (Å²) in [5.74, 6) is 0. The summed E-state index contributed by atoms with van der Waals surface area (Å²) in [7, 11) is -3.60. The van der Waals surface area contributed by atoms with Crippen molar-refractivity contribution in [1.82, 2.24) is 0 Å². The fourth-order valence-corrected chi connectivity index (χ4v) is 2.67. The number of nitro benzene ring substituents is 1. The zero-order valence-electron chi connectivity index (χ0n) is 10.3. The van der Waals surface area contributed by atoms with Crippen LogP contribution in [0.1, 0.15) is 5.56 Å². The van der Waals surface area contributed by atoms with Crippen molar-refractivity contribution < 1.29 is 13.3 Å². The van der Waals surface area contributed by atoms with Crippen LogP contribution in [0.25, 0.3) is 6.08 Å². The van der Waals surface area contributed by atoms with Gasteiger partial charge >= 0.3 is 0 Å². The molecule has 0 N–H and O–H groups in total. The van der Waals surface area contributed by atoms with Crippen molar-refractivity contribution in [3.8, 4) is 0 Å². The lowest BCUT2D eigenvalue weighted by atomic mass is 10.2. The molecule has 0 saturated heterocycles. The van der Waals surface area contributed by atoms with Crippen LogP contribution >= 0.6 is 0 Å². The van der Waals surface area contributed by atoms with Crippen LogP contribution in [0.4, 0.5) is 5.69 Å². The van der Waals surface area contributed by atoms with E-state index < -0.39 is 14.8 Å². The molecule has 0 atom stereocenters. The molecule has 0 amide bonds. The number of sulfone groups is 1. The molecule has 6 heteroatoms. The Balaban J connectivity index is 2.38. The topological polar surface area (TPSA) is 77.3 Å². The molecule has 0 spiro atoms. The first-order valence-corrected chi connectivity index (χ1v) is 7.27. The van der Waals surface area contributed by atoms with Crippen LogP contribution in [0, 0.1) is 10.1 Å². The van der Waals surface area contributed by atoms with Gasteiger partial charge in [-0.2, -0.15) is 0 Å². The van der Waals surface area contributed by atoms with E-state index in [2.05, 4.69) is 0 Å². The van der Waals surface area contributed by atoms with Crippen molar-refractivity contribution in [1.29, 1.82) is 0 Å². The average Bonchev–Trinajstić information content (AvgIpc) is 2.46. The molecule has 2 aromatic rings. The van der Waals surface area contributed by atoms with Gasteiger partial charge in [0.25, 0.3) is 5.69 Å². The third kappa shape index (κ3) is 3.10. The third-order valence-electron chi connectivity index (χ3n) is 2.63. The molecule has 0 fully saturated rings. The largest absolute Gasteiger partial charge is 0.276 e. The Labute approximate surface area is 116 Å². The molecule has 20 heavy (non-hydrogen) atoms. The van der Waals surface area contributed by atoms with E-state index in [4.69, 9.17) is 0 Å². The lowest BCUT2D eigenvalue weighted by molar-refractivity contribution is -0.385. The summed E-state index contributed by atoms with van der Waals surface area (Å²) in [5.41, 5.74) is 0.115. The van der Waals surface area contributed by atoms with E-state index in [0.717, 1.165) is 5.41 Å². The molecular weight excluding hydrogens is 278 g/mol. The number of para-hydroxylation sites is 1. The summed E-state index contributed by atoms with van der Waals surface area (Å²) < 4.78 is 24.1. The Hall–Kier alpha value is -2.47. The fourth-order valence-electron chi connectivity index (χ4n) is 1.65. The summed E-state index contributed by atoms with van der Waals surface area (Å²) >= 11 is 0. The molecule has 0 aliphatic rings. The molecule has 0 aliphatic heterocycles. The maximum absolute atomic E-state index is 12.0. The van der Waals surface area contributed by atoms with Crippen LogP contribution in [0.15, 0.2) is 64.9 Å². The van der Waals surface area contributed by atoms with Crippen molar-refractivity contribution in [2.75, 3.05) is 0 Å². The number of rotatable bonds is 4. The first-order chi connectivity index (χ1) is 9.50. The van der Waals surface area contributed by atoms with Gasteiger partial charge in [0.05, 0.1) is 15.4 Å². The predicted molar refractivity (Wildman–Crippen MR) is 75.8 cm³/mol. The van der Waals surface area contributed by atoms with Crippen LogP contribution < -0.4 is 0 Å². The molecule has 0 bridgehead atoms. The molecule has 2 rings (SSSR count). The summed E-state index contributed by atoms with van der Waals surface area (Å²) in [4.78, 5) is 10.4. The molecule has 0 unspecified atom stereocenters. The fraction of sp³-hybridized carbons (Fsp3) is 0. The lowest BCUT2D eigenvalue weighted by Crippen LogP contribution is -1.96. The van der Waals surface area contributed by atoms with Gasteiger partial charge in [-0.25, -0.2) is 8.42 Å². The summed E-state index contributed by atoms with van der Waals surface area (Å²) in [6, 6.07) is 13.9. The van der Waals surface area contributed by atoms with Gasteiger partial charge in [0.2, 0.25) is 0 Å². The van der Waals surface area contributed by atoms with Gasteiger partial charge in [-0.15, -0.1) is 0 Å². The second kappa shape index (κ2) is 5.66. The van der Waals surface area contributed by atoms with E-state index >= 15 is 0 Å². The zero-order chi connectivity index (χ0) is 14.6. The minimum absolute atomic E-state index is 0.132. The smallest absolute Gasteiger partial charge is 0.258 e. The van der Waals surface area contributed by atoms with E-state index in [9.17, 15) is 18.5 Å². The van der Waals surface area contributed by atoms with Gasteiger partial charge in [-0.3, -0.25) is 10.1 Å². The van der Waals surface area contributed by atoms with Crippen molar-refractivity contribution >= 4 is 21.6 Å². The molecule has 2 aromatic carbocycles. The quantitative estimate of drug-likeness (QED) is 0.640. The first kappa shape index (κ1) is 14.0. The highest BCUT2D eigenvalue weighted by Gasteiger charge is 2.12. The van der Waals surface area contributed by atoms with E-state index in [0.29, 0.717) is 0 Å². The summed E-state index contributed by atoms with van der Waals surface area (Å²) in [5, 5.41) is 11.8. The van der Waals surface area contributed by atoms with E-state index in [1.165, 1.54) is 36.4 Å². The van der Waals surface area contributed by atoms with Gasteiger partial charge in [-0.1, -0.05) is 30.3 Å². The van der Waals surface area contributed by atoms with E-state index in [-0.39, 0.29) is 16.1 Å². The predicted octanol–water partition coefficient (Wildman–Crippen LogP) is 3.04. The Bertz CT molecular complexity index is 752. The van der Waals surface area contributed by atoms with E-state index in [1.54, 1.807) is 24.3 Å². The Morgan fingerprint density at radius 1 is 0.950 bits per heavy atom. The monoisotopic (exact) mass is 289 g/mol. The number of nitro groups is 1. The molecule has 5 nitrogen and oxygen atoms in total. The first-order valence-electron chi connectivity index (χ1n) is 5.72. The van der Waals surface area contributed by atoms with Gasteiger partial charge in [-0.05, 0) is 24.3 Å². The second-order valence-electron chi connectivity index (χ2n) is 3.98. The lowest BCUT2D eigenvalue weighted by Gasteiger charge is -1.99. The zero-order valence-corrected chi connectivity index (χ0v) is 11.2.